The van der Waals surface area contributed by atoms with Crippen molar-refractivity contribution in [1.82, 2.24) is 14.9 Å². The molecule has 0 aliphatic rings. The molecule has 0 saturated heterocycles. The lowest BCUT2D eigenvalue weighted by Crippen LogP contribution is -2.30. The Kier molecular flexibility index (Phi) is 7.05. The number of carbonyl (C=O) groups is 2. The van der Waals surface area contributed by atoms with Gasteiger partial charge in [-0.1, -0.05) is 30.3 Å². The standard InChI is InChI=1S/C23H24N4O4/c1-27-14-13-25-23(27)22(18-5-3-4-6-19(18)30-2)26-21(29)12-9-16-7-10-17(11-8-16)31-15-20(24)28/h3-14,22H,15H2,1-2H3,(H2,24,28)(H,26,29)/b12-9+. The number of ether oxygens (including phenoxy) is 2. The van der Waals surface area contributed by atoms with Crippen LogP contribution in [0, 0.1) is 0 Å². The first-order valence-corrected chi connectivity index (χ1v) is 9.58. The quantitative estimate of drug-likeness (QED) is 0.516. The monoisotopic (exact) mass is 420 g/mol. The summed E-state index contributed by atoms with van der Waals surface area (Å²) in [6.07, 6.45) is 6.64. The molecule has 3 N–H and O–H groups in total. The van der Waals surface area contributed by atoms with E-state index in [1.54, 1.807) is 43.6 Å². The summed E-state index contributed by atoms with van der Waals surface area (Å²) in [4.78, 5) is 27.9. The number of amides is 2. The van der Waals surface area contributed by atoms with Crippen LogP contribution in [0.15, 0.2) is 67.0 Å². The Bertz CT molecular complexity index is 1070. The number of carbonyl (C=O) groups excluding carboxylic acids is 2. The normalized spacial score (nSPS) is 11.8. The van der Waals surface area contributed by atoms with Crippen LogP contribution in [0.3, 0.4) is 0 Å². The van der Waals surface area contributed by atoms with Gasteiger partial charge >= 0.3 is 0 Å². The largest absolute Gasteiger partial charge is 0.496 e. The molecule has 2 aromatic carbocycles. The third-order valence-corrected chi connectivity index (χ3v) is 4.54. The van der Waals surface area contributed by atoms with Crippen LogP contribution in [0.1, 0.15) is 23.0 Å². The van der Waals surface area contributed by atoms with Crippen molar-refractivity contribution in [2.75, 3.05) is 13.7 Å². The molecule has 0 bridgehead atoms. The van der Waals surface area contributed by atoms with E-state index in [1.165, 1.54) is 6.08 Å². The molecule has 0 aliphatic carbocycles. The Balaban J connectivity index is 1.75. The van der Waals surface area contributed by atoms with Gasteiger partial charge in [-0.3, -0.25) is 9.59 Å². The molecule has 1 aromatic heterocycles. The van der Waals surface area contributed by atoms with Crippen LogP contribution in [0.25, 0.3) is 6.08 Å². The Hall–Kier alpha value is -4.07. The second-order valence-corrected chi connectivity index (χ2v) is 6.74. The van der Waals surface area contributed by atoms with E-state index < -0.39 is 11.9 Å². The second-order valence-electron chi connectivity index (χ2n) is 6.74. The van der Waals surface area contributed by atoms with Crippen molar-refractivity contribution in [2.24, 2.45) is 12.8 Å². The molecule has 8 heteroatoms. The van der Waals surface area contributed by atoms with Gasteiger partial charge in [-0.05, 0) is 29.8 Å². The molecule has 160 valence electrons. The van der Waals surface area contributed by atoms with Gasteiger partial charge in [-0.25, -0.2) is 4.98 Å². The SMILES string of the molecule is COc1ccccc1C(NC(=O)/C=C/c1ccc(OCC(N)=O)cc1)c1nccn1C. The highest BCUT2D eigenvalue weighted by molar-refractivity contribution is 5.92. The molecule has 8 nitrogen and oxygen atoms in total. The summed E-state index contributed by atoms with van der Waals surface area (Å²) in [5.41, 5.74) is 6.66. The number of aryl methyl sites for hydroxylation is 1. The number of primary amides is 1. The number of hydrogen-bond acceptors (Lipinski definition) is 5. The van der Waals surface area contributed by atoms with Crippen LogP contribution in [-0.2, 0) is 16.6 Å². The average molecular weight is 420 g/mol. The smallest absolute Gasteiger partial charge is 0.255 e. The van der Waals surface area contributed by atoms with Gasteiger partial charge in [0.05, 0.1) is 7.11 Å². The zero-order valence-electron chi connectivity index (χ0n) is 17.3. The molecule has 0 saturated carbocycles. The van der Waals surface area contributed by atoms with Gasteiger partial charge in [0.2, 0.25) is 5.91 Å². The zero-order valence-corrected chi connectivity index (χ0v) is 17.3. The van der Waals surface area contributed by atoms with Crippen molar-refractivity contribution in [2.45, 2.75) is 6.04 Å². The van der Waals surface area contributed by atoms with Crippen molar-refractivity contribution in [3.63, 3.8) is 0 Å². The van der Waals surface area contributed by atoms with Crippen molar-refractivity contribution < 1.29 is 19.1 Å². The van der Waals surface area contributed by atoms with E-state index in [0.717, 1.165) is 11.1 Å². The molecule has 0 spiro atoms. The van der Waals surface area contributed by atoms with Crippen molar-refractivity contribution >= 4 is 17.9 Å². The summed E-state index contributed by atoms with van der Waals surface area (Å²) in [7, 11) is 3.46. The van der Waals surface area contributed by atoms with Crippen LogP contribution < -0.4 is 20.5 Å². The maximum Gasteiger partial charge on any atom is 0.255 e. The fraction of sp³-hybridized carbons (Fsp3) is 0.174. The lowest BCUT2D eigenvalue weighted by Gasteiger charge is -2.20. The summed E-state index contributed by atoms with van der Waals surface area (Å²) < 4.78 is 12.6. The minimum absolute atomic E-state index is 0.185. The number of rotatable bonds is 9. The van der Waals surface area contributed by atoms with E-state index >= 15 is 0 Å². The van der Waals surface area contributed by atoms with Gasteiger partial charge in [-0.2, -0.15) is 0 Å². The number of nitrogens with one attached hydrogen (secondary N) is 1. The molecule has 1 heterocycles. The third kappa shape index (κ3) is 5.72. The third-order valence-electron chi connectivity index (χ3n) is 4.54. The molecule has 1 atom stereocenters. The molecular weight excluding hydrogens is 396 g/mol. The molecule has 1 unspecified atom stereocenters. The number of methoxy groups -OCH3 is 1. The highest BCUT2D eigenvalue weighted by Gasteiger charge is 2.23. The van der Waals surface area contributed by atoms with E-state index in [9.17, 15) is 9.59 Å². The maximum absolute atomic E-state index is 12.7. The predicted molar refractivity (Wildman–Crippen MR) is 116 cm³/mol. The number of hydrogen-bond donors (Lipinski definition) is 2. The minimum atomic E-state index is -0.544. The van der Waals surface area contributed by atoms with Crippen LogP contribution in [-0.4, -0.2) is 35.1 Å². The number of nitrogens with zero attached hydrogens (tertiary/aromatic N) is 2. The molecule has 0 radical (unpaired) electrons. The molecule has 3 rings (SSSR count). The summed E-state index contributed by atoms with van der Waals surface area (Å²) >= 11 is 0. The topological polar surface area (TPSA) is 108 Å². The first kappa shape index (κ1) is 21.6. The Morgan fingerprint density at radius 2 is 1.94 bits per heavy atom. The number of aromatic nitrogens is 2. The van der Waals surface area contributed by atoms with E-state index in [-0.39, 0.29) is 12.5 Å². The Morgan fingerprint density at radius 3 is 2.58 bits per heavy atom. The lowest BCUT2D eigenvalue weighted by atomic mass is 10.0. The van der Waals surface area contributed by atoms with Crippen molar-refractivity contribution in [1.29, 1.82) is 0 Å². The molecular formula is C23H24N4O4. The number of imidazole rings is 1. The summed E-state index contributed by atoms with van der Waals surface area (Å²) in [6.45, 7) is -0.185. The second kappa shape index (κ2) is 10.1. The number of benzene rings is 2. The first-order valence-electron chi connectivity index (χ1n) is 9.58. The molecule has 0 aliphatic heterocycles. The summed E-state index contributed by atoms with van der Waals surface area (Å²) in [5, 5.41) is 3.00. The van der Waals surface area contributed by atoms with Gasteiger partial charge in [0, 0.05) is 31.1 Å². The van der Waals surface area contributed by atoms with Gasteiger partial charge in [0.25, 0.3) is 5.91 Å². The summed E-state index contributed by atoms with van der Waals surface area (Å²) in [6, 6.07) is 14.0. The number of para-hydroxylation sites is 1. The molecule has 0 fully saturated rings. The van der Waals surface area contributed by atoms with E-state index in [1.807, 2.05) is 42.1 Å². The van der Waals surface area contributed by atoms with E-state index in [4.69, 9.17) is 15.2 Å². The maximum atomic E-state index is 12.7. The van der Waals surface area contributed by atoms with Gasteiger partial charge in [-0.15, -0.1) is 0 Å². The van der Waals surface area contributed by atoms with Crippen molar-refractivity contribution in [3.05, 3.63) is 84.0 Å². The van der Waals surface area contributed by atoms with Gasteiger partial charge < -0.3 is 25.1 Å². The summed E-state index contributed by atoms with van der Waals surface area (Å²) in [5.74, 6) is 1.03. The Labute approximate surface area is 180 Å². The van der Waals surface area contributed by atoms with Crippen LogP contribution in [0.5, 0.6) is 11.5 Å². The van der Waals surface area contributed by atoms with Crippen LogP contribution in [0.4, 0.5) is 0 Å². The van der Waals surface area contributed by atoms with Crippen LogP contribution in [0.2, 0.25) is 0 Å². The molecule has 31 heavy (non-hydrogen) atoms. The van der Waals surface area contributed by atoms with Crippen molar-refractivity contribution in [3.8, 4) is 11.5 Å². The highest BCUT2D eigenvalue weighted by atomic mass is 16.5. The molecule has 2 amide bonds. The fourth-order valence-corrected chi connectivity index (χ4v) is 3.03. The molecule has 3 aromatic rings. The van der Waals surface area contributed by atoms with Gasteiger partial charge in [0.15, 0.2) is 6.61 Å². The van der Waals surface area contributed by atoms with Gasteiger partial charge in [0.1, 0.15) is 23.4 Å². The Morgan fingerprint density at radius 1 is 1.19 bits per heavy atom. The first-order chi connectivity index (χ1) is 15.0. The van der Waals surface area contributed by atoms with E-state index in [0.29, 0.717) is 17.3 Å². The zero-order chi connectivity index (χ0) is 22.2. The average Bonchev–Trinajstić information content (AvgIpc) is 3.20. The fourth-order valence-electron chi connectivity index (χ4n) is 3.03. The van der Waals surface area contributed by atoms with E-state index in [2.05, 4.69) is 10.3 Å². The van der Waals surface area contributed by atoms with Crippen LogP contribution >= 0.6 is 0 Å². The predicted octanol–water partition coefficient (Wildman–Crippen LogP) is 2.21. The minimum Gasteiger partial charge on any atom is -0.496 e. The lowest BCUT2D eigenvalue weighted by molar-refractivity contribution is -0.120. The number of nitrogens with two attached hydrogens (primary N) is 1. The highest BCUT2D eigenvalue weighted by Crippen LogP contribution is 2.29.